The summed E-state index contributed by atoms with van der Waals surface area (Å²) in [7, 11) is 3.74. The van der Waals surface area contributed by atoms with Crippen molar-refractivity contribution in [2.75, 3.05) is 27.4 Å². The van der Waals surface area contributed by atoms with Gasteiger partial charge in [-0.25, -0.2) is 0 Å². The molecule has 102 valence electrons. The van der Waals surface area contributed by atoms with Crippen molar-refractivity contribution in [3.63, 3.8) is 0 Å². The average molecular weight is 260 g/mol. The van der Waals surface area contributed by atoms with E-state index in [9.17, 15) is 0 Å². The van der Waals surface area contributed by atoms with Crippen molar-refractivity contribution in [1.82, 2.24) is 4.90 Å². The summed E-state index contributed by atoms with van der Waals surface area (Å²) in [6, 6.07) is 8.49. The zero-order chi connectivity index (χ0) is 13.7. The number of nitrogens with zero attached hydrogens (tertiary/aromatic N) is 2. The molecule has 4 nitrogen and oxygen atoms in total. The zero-order valence-electron chi connectivity index (χ0n) is 11.6. The highest BCUT2D eigenvalue weighted by Crippen LogP contribution is 2.21. The maximum atomic E-state index is 8.97. The molecule has 19 heavy (non-hydrogen) atoms. The van der Waals surface area contributed by atoms with Gasteiger partial charge in [0.1, 0.15) is 11.8 Å². The molecule has 1 saturated heterocycles. The van der Waals surface area contributed by atoms with Gasteiger partial charge in [-0.15, -0.1) is 0 Å². The van der Waals surface area contributed by atoms with Crippen LogP contribution in [0.5, 0.6) is 5.75 Å². The van der Waals surface area contributed by atoms with Gasteiger partial charge < -0.3 is 9.47 Å². The number of ether oxygens (including phenoxy) is 2. The third kappa shape index (κ3) is 3.46. The molecule has 4 heteroatoms. The van der Waals surface area contributed by atoms with E-state index in [-0.39, 0.29) is 0 Å². The van der Waals surface area contributed by atoms with Crippen molar-refractivity contribution in [3.05, 3.63) is 29.3 Å². The highest BCUT2D eigenvalue weighted by Gasteiger charge is 2.18. The summed E-state index contributed by atoms with van der Waals surface area (Å²) >= 11 is 0. The highest BCUT2D eigenvalue weighted by molar-refractivity contribution is 5.45. The predicted molar refractivity (Wildman–Crippen MR) is 73.0 cm³/mol. The molecule has 2 rings (SSSR count). The Balaban J connectivity index is 2.04. The van der Waals surface area contributed by atoms with Gasteiger partial charge >= 0.3 is 0 Å². The van der Waals surface area contributed by atoms with E-state index in [4.69, 9.17) is 14.7 Å². The normalized spacial score (nSPS) is 16.3. The first kappa shape index (κ1) is 13.9. The van der Waals surface area contributed by atoms with Crippen LogP contribution in [0.15, 0.2) is 18.2 Å². The number of hydrogen-bond acceptors (Lipinski definition) is 4. The van der Waals surface area contributed by atoms with Crippen LogP contribution in [-0.4, -0.2) is 38.3 Å². The number of nitriles is 1. The van der Waals surface area contributed by atoms with Gasteiger partial charge in [0.05, 0.1) is 12.7 Å². The van der Waals surface area contributed by atoms with Crippen LogP contribution < -0.4 is 4.74 Å². The van der Waals surface area contributed by atoms with Crippen LogP contribution in [0.2, 0.25) is 0 Å². The first-order valence-corrected chi connectivity index (χ1v) is 6.59. The molecule has 0 aromatic heterocycles. The smallest absolute Gasteiger partial charge is 0.136 e. The number of methoxy groups -OCH3 is 1. The zero-order valence-corrected chi connectivity index (χ0v) is 11.6. The Labute approximate surface area is 114 Å². The van der Waals surface area contributed by atoms with Crippen LogP contribution in [0.25, 0.3) is 0 Å². The maximum absolute atomic E-state index is 8.97. The summed E-state index contributed by atoms with van der Waals surface area (Å²) in [6.45, 7) is 2.57. The minimum atomic E-state index is 0.579. The van der Waals surface area contributed by atoms with Crippen LogP contribution in [0.3, 0.4) is 0 Å². The Kier molecular flexibility index (Phi) is 4.78. The van der Waals surface area contributed by atoms with E-state index < -0.39 is 0 Å². The largest absolute Gasteiger partial charge is 0.495 e. The summed E-state index contributed by atoms with van der Waals surface area (Å²) in [5.74, 6) is 0.653. The van der Waals surface area contributed by atoms with Gasteiger partial charge in [-0.05, 0) is 37.6 Å². The van der Waals surface area contributed by atoms with E-state index >= 15 is 0 Å². The van der Waals surface area contributed by atoms with Crippen LogP contribution in [0.1, 0.15) is 24.0 Å². The van der Waals surface area contributed by atoms with Gasteiger partial charge in [0.2, 0.25) is 0 Å². The van der Waals surface area contributed by atoms with Crippen molar-refractivity contribution in [3.8, 4) is 11.8 Å². The number of benzene rings is 1. The van der Waals surface area contributed by atoms with Gasteiger partial charge in [0.15, 0.2) is 0 Å². The molecule has 1 heterocycles. The Hall–Kier alpha value is -1.57. The lowest BCUT2D eigenvalue weighted by Gasteiger charge is -2.31. The van der Waals surface area contributed by atoms with Crippen LogP contribution in [-0.2, 0) is 11.3 Å². The standard InChI is InChI=1S/C15H20N2O2/c1-17(14-5-7-19-8-6-14)11-12-3-4-13(10-16)15(9-12)18-2/h3-4,9,14H,5-8,11H2,1-2H3. The van der Waals surface area contributed by atoms with Gasteiger partial charge in [-0.2, -0.15) is 5.26 Å². The molecular weight excluding hydrogens is 240 g/mol. The molecule has 0 unspecified atom stereocenters. The second kappa shape index (κ2) is 6.55. The second-order valence-electron chi connectivity index (χ2n) is 4.91. The van der Waals surface area contributed by atoms with E-state index in [0.717, 1.165) is 32.6 Å². The Morgan fingerprint density at radius 2 is 2.16 bits per heavy atom. The Morgan fingerprint density at radius 3 is 2.79 bits per heavy atom. The van der Waals surface area contributed by atoms with Crippen molar-refractivity contribution in [1.29, 1.82) is 5.26 Å². The van der Waals surface area contributed by atoms with Crippen LogP contribution in [0.4, 0.5) is 0 Å². The van der Waals surface area contributed by atoms with Crippen LogP contribution in [0, 0.1) is 11.3 Å². The third-order valence-electron chi connectivity index (χ3n) is 3.63. The highest BCUT2D eigenvalue weighted by atomic mass is 16.5. The van der Waals surface area contributed by atoms with E-state index in [1.54, 1.807) is 7.11 Å². The van der Waals surface area contributed by atoms with Gasteiger partial charge in [0.25, 0.3) is 0 Å². The van der Waals surface area contributed by atoms with Crippen molar-refractivity contribution in [2.24, 2.45) is 0 Å². The number of rotatable bonds is 4. The first-order chi connectivity index (χ1) is 9.24. The SMILES string of the molecule is COc1cc(CN(C)C2CCOCC2)ccc1C#N. The summed E-state index contributed by atoms with van der Waals surface area (Å²) < 4.78 is 10.6. The first-order valence-electron chi connectivity index (χ1n) is 6.59. The molecule has 0 radical (unpaired) electrons. The topological polar surface area (TPSA) is 45.5 Å². The van der Waals surface area contributed by atoms with E-state index in [0.29, 0.717) is 17.4 Å². The molecule has 0 spiro atoms. The fourth-order valence-corrected chi connectivity index (χ4v) is 2.47. The van der Waals surface area contributed by atoms with Gasteiger partial charge in [0, 0.05) is 25.8 Å². The predicted octanol–water partition coefficient (Wildman–Crippen LogP) is 2.18. The molecule has 0 amide bonds. The fourth-order valence-electron chi connectivity index (χ4n) is 2.47. The third-order valence-corrected chi connectivity index (χ3v) is 3.63. The molecule has 1 fully saturated rings. The molecule has 0 aliphatic carbocycles. The fraction of sp³-hybridized carbons (Fsp3) is 0.533. The Bertz CT molecular complexity index is 462. The minimum Gasteiger partial charge on any atom is -0.495 e. The quantitative estimate of drug-likeness (QED) is 0.832. The van der Waals surface area contributed by atoms with Gasteiger partial charge in [-0.1, -0.05) is 6.07 Å². The molecule has 0 atom stereocenters. The van der Waals surface area contributed by atoms with Crippen molar-refractivity contribution >= 4 is 0 Å². The summed E-state index contributed by atoms with van der Waals surface area (Å²) in [5.41, 5.74) is 1.75. The van der Waals surface area contributed by atoms with Crippen molar-refractivity contribution < 1.29 is 9.47 Å². The summed E-state index contributed by atoms with van der Waals surface area (Å²) in [6.07, 6.45) is 2.17. The van der Waals surface area contributed by atoms with Crippen LogP contribution >= 0.6 is 0 Å². The lowest BCUT2D eigenvalue weighted by atomic mass is 10.1. The van der Waals surface area contributed by atoms with E-state index in [1.807, 2.05) is 18.2 Å². The lowest BCUT2D eigenvalue weighted by molar-refractivity contribution is 0.0407. The average Bonchev–Trinajstić information content (AvgIpc) is 2.48. The maximum Gasteiger partial charge on any atom is 0.136 e. The molecule has 1 aromatic rings. The molecule has 1 aliphatic heterocycles. The van der Waals surface area contributed by atoms with E-state index in [2.05, 4.69) is 18.0 Å². The van der Waals surface area contributed by atoms with Gasteiger partial charge in [-0.3, -0.25) is 4.90 Å². The summed E-state index contributed by atoms with van der Waals surface area (Å²) in [5, 5.41) is 8.97. The molecule has 0 bridgehead atoms. The second-order valence-corrected chi connectivity index (χ2v) is 4.91. The lowest BCUT2D eigenvalue weighted by Crippen LogP contribution is -2.36. The minimum absolute atomic E-state index is 0.579. The Morgan fingerprint density at radius 1 is 1.42 bits per heavy atom. The summed E-state index contributed by atoms with van der Waals surface area (Å²) in [4.78, 5) is 2.35. The monoisotopic (exact) mass is 260 g/mol. The molecule has 1 aromatic carbocycles. The molecule has 1 aliphatic rings. The molecular formula is C15H20N2O2. The molecule has 0 N–H and O–H groups in total. The van der Waals surface area contributed by atoms with Crippen molar-refractivity contribution in [2.45, 2.75) is 25.4 Å². The molecule has 0 saturated carbocycles. The number of hydrogen-bond donors (Lipinski definition) is 0. The van der Waals surface area contributed by atoms with E-state index in [1.165, 1.54) is 5.56 Å².